The molecular weight excluding hydrogens is 360 g/mol. The largest absolute Gasteiger partial charge is 0.490 e. The molecule has 0 spiro atoms. The van der Waals surface area contributed by atoms with Gasteiger partial charge in [-0.3, -0.25) is 4.79 Å². The first-order valence-electron chi connectivity index (χ1n) is 8.52. The van der Waals surface area contributed by atoms with E-state index in [2.05, 4.69) is 10.1 Å². The molecule has 7 heteroatoms. The fourth-order valence-corrected chi connectivity index (χ4v) is 2.28. The SMILES string of the molecule is CCOc1cc(/C=C(\C#N)C(=O)OC)ccc1OCC(=O)Nc1ccccc1. The van der Waals surface area contributed by atoms with Crippen LogP contribution in [0.2, 0.25) is 0 Å². The van der Waals surface area contributed by atoms with Gasteiger partial charge in [0.25, 0.3) is 5.91 Å². The zero-order chi connectivity index (χ0) is 20.4. The number of hydrogen-bond donors (Lipinski definition) is 1. The van der Waals surface area contributed by atoms with Gasteiger partial charge in [0, 0.05) is 5.69 Å². The van der Waals surface area contributed by atoms with Crippen molar-refractivity contribution in [1.29, 1.82) is 5.26 Å². The lowest BCUT2D eigenvalue weighted by Gasteiger charge is -2.13. The van der Waals surface area contributed by atoms with Gasteiger partial charge in [0.2, 0.25) is 0 Å². The average Bonchev–Trinajstić information content (AvgIpc) is 2.71. The van der Waals surface area contributed by atoms with Crippen LogP contribution < -0.4 is 14.8 Å². The van der Waals surface area contributed by atoms with Gasteiger partial charge in [0.05, 0.1) is 13.7 Å². The van der Waals surface area contributed by atoms with Crippen molar-refractivity contribution in [3.05, 3.63) is 59.7 Å². The molecule has 2 aromatic carbocycles. The molecule has 0 unspecified atom stereocenters. The summed E-state index contributed by atoms with van der Waals surface area (Å²) in [4.78, 5) is 23.6. The Balaban J connectivity index is 2.12. The van der Waals surface area contributed by atoms with Gasteiger partial charge in [-0.2, -0.15) is 5.26 Å². The van der Waals surface area contributed by atoms with Crippen molar-refractivity contribution in [2.24, 2.45) is 0 Å². The van der Waals surface area contributed by atoms with E-state index in [0.29, 0.717) is 29.4 Å². The number of para-hydroxylation sites is 1. The van der Waals surface area contributed by atoms with Crippen LogP contribution in [0, 0.1) is 11.3 Å². The van der Waals surface area contributed by atoms with Crippen molar-refractivity contribution in [1.82, 2.24) is 0 Å². The molecule has 144 valence electrons. The van der Waals surface area contributed by atoms with Crippen molar-refractivity contribution in [2.75, 3.05) is 25.6 Å². The number of rotatable bonds is 8. The monoisotopic (exact) mass is 380 g/mol. The van der Waals surface area contributed by atoms with E-state index in [4.69, 9.17) is 14.7 Å². The number of hydrogen-bond acceptors (Lipinski definition) is 6. The summed E-state index contributed by atoms with van der Waals surface area (Å²) in [5.74, 6) is -0.266. The van der Waals surface area contributed by atoms with Crippen LogP contribution in [-0.2, 0) is 14.3 Å². The van der Waals surface area contributed by atoms with Crippen LogP contribution in [0.25, 0.3) is 6.08 Å². The van der Waals surface area contributed by atoms with Crippen molar-refractivity contribution >= 4 is 23.6 Å². The second-order valence-corrected chi connectivity index (χ2v) is 5.50. The molecule has 0 radical (unpaired) electrons. The maximum Gasteiger partial charge on any atom is 0.348 e. The first kappa shape index (κ1) is 20.5. The summed E-state index contributed by atoms with van der Waals surface area (Å²) < 4.78 is 15.7. The zero-order valence-electron chi connectivity index (χ0n) is 15.6. The van der Waals surface area contributed by atoms with E-state index in [0.717, 1.165) is 0 Å². The Morgan fingerprint density at radius 2 is 1.86 bits per heavy atom. The number of ether oxygens (including phenoxy) is 3. The molecule has 2 aromatic rings. The maximum absolute atomic E-state index is 12.0. The molecule has 0 aliphatic rings. The lowest BCUT2D eigenvalue weighted by Crippen LogP contribution is -2.20. The van der Waals surface area contributed by atoms with Crippen LogP contribution in [0.5, 0.6) is 11.5 Å². The second kappa shape index (κ2) is 10.4. The van der Waals surface area contributed by atoms with Crippen LogP contribution in [0.4, 0.5) is 5.69 Å². The Kier molecular flexibility index (Phi) is 7.61. The molecule has 0 aliphatic heterocycles. The van der Waals surface area contributed by atoms with E-state index < -0.39 is 5.97 Å². The van der Waals surface area contributed by atoms with Crippen LogP contribution in [0.15, 0.2) is 54.1 Å². The third-order valence-corrected chi connectivity index (χ3v) is 3.52. The van der Waals surface area contributed by atoms with Gasteiger partial charge in [-0.1, -0.05) is 24.3 Å². The summed E-state index contributed by atoms with van der Waals surface area (Å²) in [5, 5.41) is 11.8. The predicted molar refractivity (Wildman–Crippen MR) is 104 cm³/mol. The summed E-state index contributed by atoms with van der Waals surface area (Å²) in [7, 11) is 1.20. The van der Waals surface area contributed by atoms with Gasteiger partial charge in [0.1, 0.15) is 11.6 Å². The van der Waals surface area contributed by atoms with E-state index in [1.807, 2.05) is 25.1 Å². The Morgan fingerprint density at radius 1 is 1.11 bits per heavy atom. The van der Waals surface area contributed by atoms with Gasteiger partial charge >= 0.3 is 5.97 Å². The molecule has 0 aliphatic carbocycles. The fourth-order valence-electron chi connectivity index (χ4n) is 2.28. The van der Waals surface area contributed by atoms with Gasteiger partial charge in [-0.05, 0) is 42.8 Å². The third kappa shape index (κ3) is 5.88. The van der Waals surface area contributed by atoms with E-state index in [1.165, 1.54) is 13.2 Å². The number of nitriles is 1. The standard InChI is InChI=1S/C21H20N2O5/c1-3-27-19-12-15(11-16(13-22)21(25)26-2)9-10-18(19)28-14-20(24)23-17-7-5-4-6-8-17/h4-12H,3,14H2,1-2H3,(H,23,24)/b16-11+. The molecule has 7 nitrogen and oxygen atoms in total. The number of nitrogens with zero attached hydrogens (tertiary/aromatic N) is 1. The van der Waals surface area contributed by atoms with Gasteiger partial charge in [-0.15, -0.1) is 0 Å². The number of esters is 1. The molecule has 28 heavy (non-hydrogen) atoms. The Morgan fingerprint density at radius 3 is 2.50 bits per heavy atom. The van der Waals surface area contributed by atoms with Crippen molar-refractivity contribution in [3.8, 4) is 17.6 Å². The van der Waals surface area contributed by atoms with E-state index in [9.17, 15) is 9.59 Å². The smallest absolute Gasteiger partial charge is 0.348 e. The van der Waals surface area contributed by atoms with Crippen molar-refractivity contribution < 1.29 is 23.8 Å². The predicted octanol–water partition coefficient (Wildman–Crippen LogP) is 3.18. The average molecular weight is 380 g/mol. The molecule has 0 bridgehead atoms. The van der Waals surface area contributed by atoms with Gasteiger partial charge in [-0.25, -0.2) is 4.79 Å². The van der Waals surface area contributed by atoms with Crippen LogP contribution in [-0.4, -0.2) is 32.2 Å². The number of amides is 1. The van der Waals surface area contributed by atoms with Gasteiger partial charge in [0.15, 0.2) is 18.1 Å². The summed E-state index contributed by atoms with van der Waals surface area (Å²) in [6.45, 7) is 1.99. The molecular formula is C21H20N2O5. The van der Waals surface area contributed by atoms with E-state index in [1.54, 1.807) is 36.4 Å². The molecule has 0 atom stereocenters. The summed E-state index contributed by atoms with van der Waals surface area (Å²) in [6.07, 6.45) is 1.39. The molecule has 1 amide bonds. The normalized spacial score (nSPS) is 10.5. The summed E-state index contributed by atoms with van der Waals surface area (Å²) in [6, 6.07) is 15.7. The summed E-state index contributed by atoms with van der Waals surface area (Å²) >= 11 is 0. The number of methoxy groups -OCH3 is 1. The quantitative estimate of drug-likeness (QED) is 0.429. The second-order valence-electron chi connectivity index (χ2n) is 5.50. The van der Waals surface area contributed by atoms with Crippen molar-refractivity contribution in [2.45, 2.75) is 6.92 Å². The topological polar surface area (TPSA) is 97.7 Å². The number of carbonyl (C=O) groups excluding carboxylic acids is 2. The fraction of sp³-hybridized carbons (Fsp3) is 0.190. The lowest BCUT2D eigenvalue weighted by atomic mass is 10.1. The number of benzene rings is 2. The molecule has 0 fully saturated rings. The number of anilines is 1. The van der Waals surface area contributed by atoms with Gasteiger partial charge < -0.3 is 19.5 Å². The number of nitrogens with one attached hydrogen (secondary N) is 1. The minimum Gasteiger partial charge on any atom is -0.490 e. The molecule has 0 aromatic heterocycles. The number of carbonyl (C=O) groups is 2. The Hall–Kier alpha value is -3.79. The molecule has 0 heterocycles. The zero-order valence-corrected chi connectivity index (χ0v) is 15.6. The lowest BCUT2D eigenvalue weighted by molar-refractivity contribution is -0.135. The Bertz CT molecular complexity index is 901. The minimum absolute atomic E-state index is 0.138. The molecule has 2 rings (SSSR count). The van der Waals surface area contributed by atoms with Crippen LogP contribution in [0.1, 0.15) is 12.5 Å². The van der Waals surface area contributed by atoms with E-state index >= 15 is 0 Å². The molecule has 0 saturated carbocycles. The highest BCUT2D eigenvalue weighted by atomic mass is 16.5. The van der Waals surface area contributed by atoms with Crippen LogP contribution >= 0.6 is 0 Å². The van der Waals surface area contributed by atoms with Crippen molar-refractivity contribution in [3.63, 3.8) is 0 Å². The highest BCUT2D eigenvalue weighted by Gasteiger charge is 2.12. The minimum atomic E-state index is -0.724. The van der Waals surface area contributed by atoms with E-state index in [-0.39, 0.29) is 18.1 Å². The highest BCUT2D eigenvalue weighted by Crippen LogP contribution is 2.29. The van der Waals surface area contributed by atoms with Crippen LogP contribution in [0.3, 0.4) is 0 Å². The maximum atomic E-state index is 12.0. The Labute approximate surface area is 163 Å². The third-order valence-electron chi connectivity index (χ3n) is 3.52. The first-order chi connectivity index (χ1) is 13.6. The summed E-state index contributed by atoms with van der Waals surface area (Å²) in [5.41, 5.74) is 1.10. The first-order valence-corrected chi connectivity index (χ1v) is 8.52. The highest BCUT2D eigenvalue weighted by molar-refractivity contribution is 5.97. The molecule has 1 N–H and O–H groups in total. The molecule has 0 saturated heterocycles.